The quantitative estimate of drug-likeness (QED) is 0.625. The van der Waals surface area contributed by atoms with E-state index in [9.17, 15) is 4.79 Å². The molecule has 4 rings (SSSR count). The summed E-state index contributed by atoms with van der Waals surface area (Å²) in [4.78, 5) is 15.3. The molecule has 3 aromatic carbocycles. The van der Waals surface area contributed by atoms with E-state index in [-0.39, 0.29) is 12.0 Å². The maximum Gasteiger partial charge on any atom is 0.246 e. The fourth-order valence-corrected chi connectivity index (χ4v) is 3.73. The van der Waals surface area contributed by atoms with Gasteiger partial charge in [-0.05, 0) is 36.9 Å². The van der Waals surface area contributed by atoms with E-state index in [0.717, 1.165) is 17.1 Å². The molecule has 6 nitrogen and oxygen atoms in total. The van der Waals surface area contributed by atoms with Gasteiger partial charge in [0.1, 0.15) is 24.5 Å². The van der Waals surface area contributed by atoms with Gasteiger partial charge in [0, 0.05) is 18.3 Å². The summed E-state index contributed by atoms with van der Waals surface area (Å²) in [5.74, 6) is 2.04. The Balaban J connectivity index is 1.51. The summed E-state index contributed by atoms with van der Waals surface area (Å²) < 4.78 is 17.2. The van der Waals surface area contributed by atoms with Crippen LogP contribution in [0.2, 0.25) is 0 Å². The molecule has 0 aliphatic carbocycles. The molecule has 6 heteroatoms. The van der Waals surface area contributed by atoms with Crippen molar-refractivity contribution in [2.75, 3.05) is 32.6 Å². The number of methoxy groups -OCH3 is 1. The minimum absolute atomic E-state index is 0.126. The van der Waals surface area contributed by atoms with Crippen molar-refractivity contribution in [1.29, 1.82) is 0 Å². The molecule has 0 aromatic heterocycles. The molecule has 0 unspecified atom stereocenters. The number of ether oxygens (including phenoxy) is 3. The van der Waals surface area contributed by atoms with Gasteiger partial charge in [0.05, 0.1) is 7.11 Å². The molecule has 1 aliphatic heterocycles. The maximum atomic E-state index is 13.3. The number of para-hydroxylation sites is 2. The van der Waals surface area contributed by atoms with E-state index in [0.29, 0.717) is 24.6 Å². The van der Waals surface area contributed by atoms with Crippen LogP contribution >= 0.6 is 0 Å². The van der Waals surface area contributed by atoms with E-state index in [4.69, 9.17) is 14.2 Å². The molecule has 0 fully saturated rings. The molecule has 1 N–H and O–H groups in total. The van der Waals surface area contributed by atoms with Crippen molar-refractivity contribution in [2.45, 2.75) is 12.1 Å². The highest BCUT2D eigenvalue weighted by Crippen LogP contribution is 2.32. The number of anilines is 1. The first-order valence-corrected chi connectivity index (χ1v) is 10.2. The summed E-state index contributed by atoms with van der Waals surface area (Å²) >= 11 is 0. The number of hydrogen-bond acceptors (Lipinski definition) is 5. The number of carbonyl (C=O) groups is 1. The van der Waals surface area contributed by atoms with Crippen molar-refractivity contribution in [3.8, 4) is 17.2 Å². The van der Waals surface area contributed by atoms with Gasteiger partial charge < -0.3 is 19.5 Å². The second-order valence-electron chi connectivity index (χ2n) is 7.47. The van der Waals surface area contributed by atoms with Crippen molar-refractivity contribution < 1.29 is 19.0 Å². The van der Waals surface area contributed by atoms with Crippen LogP contribution in [0, 0.1) is 0 Å². The molecule has 1 aliphatic rings. The first kappa shape index (κ1) is 20.8. The number of nitrogens with zero attached hydrogens (tertiary/aromatic N) is 1. The molecule has 0 bridgehead atoms. The van der Waals surface area contributed by atoms with Crippen LogP contribution in [-0.4, -0.2) is 44.2 Å². The monoisotopic (exact) mass is 418 g/mol. The molecule has 0 saturated carbocycles. The summed E-state index contributed by atoms with van der Waals surface area (Å²) in [5.41, 5.74) is 1.59. The minimum Gasteiger partial charge on any atom is -0.497 e. The third-order valence-corrected chi connectivity index (χ3v) is 5.20. The van der Waals surface area contributed by atoms with Crippen LogP contribution in [-0.2, 0) is 4.79 Å². The molecule has 2 atom stereocenters. The predicted molar refractivity (Wildman–Crippen MR) is 120 cm³/mol. The van der Waals surface area contributed by atoms with Crippen LogP contribution in [0.3, 0.4) is 0 Å². The van der Waals surface area contributed by atoms with Crippen molar-refractivity contribution in [3.05, 3.63) is 84.4 Å². The smallest absolute Gasteiger partial charge is 0.246 e. The predicted octanol–water partition coefficient (Wildman–Crippen LogP) is 4.15. The van der Waals surface area contributed by atoms with Gasteiger partial charge >= 0.3 is 0 Å². The lowest BCUT2D eigenvalue weighted by atomic mass is 10.0. The first-order valence-electron chi connectivity index (χ1n) is 10.2. The van der Waals surface area contributed by atoms with E-state index < -0.39 is 6.04 Å². The van der Waals surface area contributed by atoms with Gasteiger partial charge in [-0.25, -0.2) is 0 Å². The van der Waals surface area contributed by atoms with Gasteiger partial charge in [-0.1, -0.05) is 48.5 Å². The molecule has 1 amide bonds. The van der Waals surface area contributed by atoms with Crippen LogP contribution < -0.4 is 19.5 Å². The van der Waals surface area contributed by atoms with Crippen LogP contribution in [0.5, 0.6) is 17.2 Å². The van der Waals surface area contributed by atoms with Gasteiger partial charge in [0.15, 0.2) is 11.5 Å². The molecule has 31 heavy (non-hydrogen) atoms. The largest absolute Gasteiger partial charge is 0.497 e. The van der Waals surface area contributed by atoms with Gasteiger partial charge in [-0.2, -0.15) is 0 Å². The fraction of sp³-hybridized carbons (Fsp3) is 0.240. The Kier molecular flexibility index (Phi) is 6.38. The molecular formula is C25H26N2O4. The molecule has 1 heterocycles. The van der Waals surface area contributed by atoms with E-state index in [1.165, 1.54) is 0 Å². The van der Waals surface area contributed by atoms with Gasteiger partial charge in [-0.15, -0.1) is 0 Å². The number of rotatable bonds is 7. The molecule has 0 radical (unpaired) electrons. The van der Waals surface area contributed by atoms with E-state index >= 15 is 0 Å². The molecule has 0 saturated heterocycles. The lowest BCUT2D eigenvalue weighted by Crippen LogP contribution is -2.43. The number of amides is 1. The summed E-state index contributed by atoms with van der Waals surface area (Å²) in [5, 5.41) is 3.02. The normalized spacial score (nSPS) is 15.9. The Morgan fingerprint density at radius 3 is 2.58 bits per heavy atom. The van der Waals surface area contributed by atoms with Crippen molar-refractivity contribution in [1.82, 2.24) is 4.90 Å². The fourth-order valence-electron chi connectivity index (χ4n) is 3.73. The summed E-state index contributed by atoms with van der Waals surface area (Å²) in [6.07, 6.45) is -0.185. The average Bonchev–Trinajstić information content (AvgIpc) is 2.80. The third-order valence-electron chi connectivity index (χ3n) is 5.20. The lowest BCUT2D eigenvalue weighted by molar-refractivity contribution is -0.121. The number of hydrogen-bond donors (Lipinski definition) is 1. The highest BCUT2D eigenvalue weighted by atomic mass is 16.6. The molecule has 0 spiro atoms. The summed E-state index contributed by atoms with van der Waals surface area (Å²) in [7, 11) is 3.53. The molecular weight excluding hydrogens is 392 g/mol. The second kappa shape index (κ2) is 9.53. The Hall–Kier alpha value is -3.51. The van der Waals surface area contributed by atoms with E-state index in [1.54, 1.807) is 13.2 Å². The highest BCUT2D eigenvalue weighted by molar-refractivity contribution is 5.95. The second-order valence-corrected chi connectivity index (χ2v) is 7.47. The van der Waals surface area contributed by atoms with Crippen molar-refractivity contribution in [2.24, 2.45) is 0 Å². The SMILES string of the molecule is COc1cccc(NC(=O)[C@H](c2ccccc2)N(C)C[C@@H]2COc3ccccc3O2)c1. The topological polar surface area (TPSA) is 60.0 Å². The number of nitrogens with one attached hydrogen (secondary N) is 1. The molecule has 3 aromatic rings. The van der Waals surface area contributed by atoms with Gasteiger partial charge in [-0.3, -0.25) is 9.69 Å². The standard InChI is InChI=1S/C25H26N2O4/c1-27(16-21-17-30-22-13-6-7-14-23(22)31-21)24(18-9-4-3-5-10-18)25(28)26-19-11-8-12-20(15-19)29-2/h3-15,21,24H,16-17H2,1-2H3,(H,26,28)/t21-,24+/m1/s1. The maximum absolute atomic E-state index is 13.3. The Morgan fingerprint density at radius 1 is 1.06 bits per heavy atom. The first-order chi connectivity index (χ1) is 15.1. The van der Waals surface area contributed by atoms with E-state index in [1.807, 2.05) is 84.7 Å². The van der Waals surface area contributed by atoms with E-state index in [2.05, 4.69) is 5.32 Å². The van der Waals surface area contributed by atoms with Crippen LogP contribution in [0.15, 0.2) is 78.9 Å². The summed E-state index contributed by atoms with van der Waals surface area (Å²) in [6, 6.07) is 24.2. The Morgan fingerprint density at radius 2 is 1.81 bits per heavy atom. The third kappa shape index (κ3) is 4.98. The van der Waals surface area contributed by atoms with Crippen molar-refractivity contribution in [3.63, 3.8) is 0 Å². The van der Waals surface area contributed by atoms with Crippen LogP contribution in [0.25, 0.3) is 0 Å². The van der Waals surface area contributed by atoms with Crippen molar-refractivity contribution >= 4 is 11.6 Å². The number of fused-ring (bicyclic) bond motifs is 1. The minimum atomic E-state index is -0.492. The Labute approximate surface area is 182 Å². The zero-order valence-corrected chi connectivity index (χ0v) is 17.7. The molecule has 160 valence electrons. The van der Waals surface area contributed by atoms with Crippen LogP contribution in [0.1, 0.15) is 11.6 Å². The van der Waals surface area contributed by atoms with Crippen LogP contribution in [0.4, 0.5) is 5.69 Å². The highest BCUT2D eigenvalue weighted by Gasteiger charge is 2.30. The zero-order valence-electron chi connectivity index (χ0n) is 17.7. The number of likely N-dealkylation sites (N-methyl/N-ethyl adjacent to an activating group) is 1. The lowest BCUT2D eigenvalue weighted by Gasteiger charge is -2.33. The average molecular weight is 418 g/mol. The Bertz CT molecular complexity index is 1020. The number of benzene rings is 3. The van der Waals surface area contributed by atoms with Gasteiger partial charge in [0.2, 0.25) is 5.91 Å². The number of carbonyl (C=O) groups excluding carboxylic acids is 1. The summed E-state index contributed by atoms with van der Waals surface area (Å²) in [6.45, 7) is 0.958. The van der Waals surface area contributed by atoms with Gasteiger partial charge in [0.25, 0.3) is 0 Å². The zero-order chi connectivity index (χ0) is 21.6.